The Hall–Kier alpha value is -4.59. The largest absolute Gasteiger partial charge is 0.295 e. The molecule has 0 atom stereocenters. The number of anilines is 1. The standard InChI is InChI=1S/C25H20N4O4/c1-17(30)22-23(18-11-5-3-6-12-18)26-28(19-13-7-4-8-14-19)24(22)27(2)25(31)20-15-9-10-16-21(20)29(32)33/h3-16H,1-2H3. The topological polar surface area (TPSA) is 98.3 Å². The zero-order valence-electron chi connectivity index (χ0n) is 18.0. The molecule has 164 valence electrons. The average Bonchev–Trinajstić information content (AvgIpc) is 3.25. The lowest BCUT2D eigenvalue weighted by molar-refractivity contribution is -0.385. The van der Waals surface area contributed by atoms with Gasteiger partial charge in [-0.05, 0) is 25.1 Å². The third kappa shape index (κ3) is 4.01. The number of Topliss-reactive ketones (excluding diaryl/α,β-unsaturated/α-hetero) is 1. The maximum Gasteiger partial charge on any atom is 0.282 e. The fraction of sp³-hybridized carbons (Fsp3) is 0.0800. The molecular weight excluding hydrogens is 420 g/mol. The lowest BCUT2D eigenvalue weighted by Crippen LogP contribution is -2.30. The van der Waals surface area contributed by atoms with Crippen LogP contribution < -0.4 is 4.90 Å². The van der Waals surface area contributed by atoms with Gasteiger partial charge in [-0.2, -0.15) is 5.10 Å². The fourth-order valence-corrected chi connectivity index (χ4v) is 3.68. The van der Waals surface area contributed by atoms with Gasteiger partial charge in [-0.15, -0.1) is 0 Å². The number of benzene rings is 3. The maximum atomic E-state index is 13.4. The van der Waals surface area contributed by atoms with Crippen molar-refractivity contribution in [2.45, 2.75) is 6.92 Å². The van der Waals surface area contributed by atoms with Crippen LogP contribution in [0, 0.1) is 10.1 Å². The highest BCUT2D eigenvalue weighted by atomic mass is 16.6. The van der Waals surface area contributed by atoms with Crippen molar-refractivity contribution in [1.82, 2.24) is 9.78 Å². The normalized spacial score (nSPS) is 10.6. The van der Waals surface area contributed by atoms with Gasteiger partial charge in [0.25, 0.3) is 11.6 Å². The van der Waals surface area contributed by atoms with Gasteiger partial charge in [-0.3, -0.25) is 24.6 Å². The van der Waals surface area contributed by atoms with E-state index in [9.17, 15) is 19.7 Å². The van der Waals surface area contributed by atoms with Crippen molar-refractivity contribution in [3.63, 3.8) is 0 Å². The summed E-state index contributed by atoms with van der Waals surface area (Å²) in [4.78, 5) is 38.4. The van der Waals surface area contributed by atoms with Crippen molar-refractivity contribution in [3.8, 4) is 16.9 Å². The molecule has 4 aromatic rings. The molecule has 0 N–H and O–H groups in total. The predicted molar refractivity (Wildman–Crippen MR) is 125 cm³/mol. The highest BCUT2D eigenvalue weighted by molar-refractivity contribution is 6.13. The minimum atomic E-state index is -0.624. The van der Waals surface area contributed by atoms with E-state index in [-0.39, 0.29) is 28.4 Å². The molecule has 0 spiro atoms. The molecule has 1 heterocycles. The summed E-state index contributed by atoms with van der Waals surface area (Å²) in [6.45, 7) is 1.41. The second-order valence-electron chi connectivity index (χ2n) is 7.36. The molecule has 0 aliphatic rings. The van der Waals surface area contributed by atoms with Gasteiger partial charge in [0.15, 0.2) is 11.6 Å². The molecule has 8 heteroatoms. The number of amides is 1. The lowest BCUT2D eigenvalue weighted by atomic mass is 10.0. The summed E-state index contributed by atoms with van der Waals surface area (Å²) >= 11 is 0. The number of nitro benzene ring substituents is 1. The van der Waals surface area contributed by atoms with Gasteiger partial charge in [-0.1, -0.05) is 60.7 Å². The van der Waals surface area contributed by atoms with Crippen LogP contribution in [0.1, 0.15) is 27.6 Å². The van der Waals surface area contributed by atoms with Crippen molar-refractivity contribution in [2.75, 3.05) is 11.9 Å². The number of carbonyl (C=O) groups excluding carboxylic acids is 2. The Kier molecular flexibility index (Phi) is 5.82. The smallest absolute Gasteiger partial charge is 0.282 e. The molecule has 0 unspecified atom stereocenters. The first-order valence-electron chi connectivity index (χ1n) is 10.2. The van der Waals surface area contributed by atoms with Crippen molar-refractivity contribution in [3.05, 3.63) is 106 Å². The Morgan fingerprint density at radius 1 is 0.909 bits per heavy atom. The number of carbonyl (C=O) groups is 2. The number of hydrogen-bond donors (Lipinski definition) is 0. The minimum Gasteiger partial charge on any atom is -0.295 e. The van der Waals surface area contributed by atoms with Crippen LogP contribution in [0.5, 0.6) is 0 Å². The van der Waals surface area contributed by atoms with E-state index in [1.165, 1.54) is 41.8 Å². The molecule has 0 aliphatic carbocycles. The Morgan fingerprint density at radius 2 is 1.48 bits per heavy atom. The van der Waals surface area contributed by atoms with Gasteiger partial charge in [0.1, 0.15) is 11.3 Å². The van der Waals surface area contributed by atoms with Crippen LogP contribution in [0.3, 0.4) is 0 Å². The van der Waals surface area contributed by atoms with E-state index in [1.54, 1.807) is 18.2 Å². The molecule has 1 aromatic heterocycles. The van der Waals surface area contributed by atoms with Gasteiger partial charge in [0, 0.05) is 18.7 Å². The lowest BCUT2D eigenvalue weighted by Gasteiger charge is -2.20. The van der Waals surface area contributed by atoms with E-state index < -0.39 is 10.8 Å². The molecule has 8 nitrogen and oxygen atoms in total. The molecule has 33 heavy (non-hydrogen) atoms. The molecule has 0 aliphatic heterocycles. The average molecular weight is 440 g/mol. The Balaban J connectivity index is 1.97. The van der Waals surface area contributed by atoms with Crippen molar-refractivity contribution >= 4 is 23.2 Å². The third-order valence-electron chi connectivity index (χ3n) is 5.21. The van der Waals surface area contributed by atoms with E-state index in [0.29, 0.717) is 16.9 Å². The van der Waals surface area contributed by atoms with Gasteiger partial charge in [-0.25, -0.2) is 4.68 Å². The minimum absolute atomic E-state index is 0.0819. The maximum absolute atomic E-state index is 13.4. The van der Waals surface area contributed by atoms with Crippen molar-refractivity contribution < 1.29 is 14.5 Å². The van der Waals surface area contributed by atoms with Crippen LogP contribution in [0.25, 0.3) is 16.9 Å². The number of nitro groups is 1. The zero-order chi connectivity index (χ0) is 23.5. The quantitative estimate of drug-likeness (QED) is 0.241. The van der Waals surface area contributed by atoms with Crippen LogP contribution in [0.4, 0.5) is 11.5 Å². The van der Waals surface area contributed by atoms with Crippen LogP contribution >= 0.6 is 0 Å². The molecule has 0 fully saturated rings. The number of rotatable bonds is 6. The second kappa shape index (κ2) is 8.88. The predicted octanol–water partition coefficient (Wildman–Crippen LogP) is 4.93. The number of para-hydroxylation sites is 2. The highest BCUT2D eigenvalue weighted by Crippen LogP contribution is 2.34. The molecule has 0 saturated carbocycles. The monoisotopic (exact) mass is 440 g/mol. The molecule has 3 aromatic carbocycles. The zero-order valence-corrected chi connectivity index (χ0v) is 18.0. The first-order valence-corrected chi connectivity index (χ1v) is 10.2. The van der Waals surface area contributed by atoms with Gasteiger partial charge in [0.2, 0.25) is 0 Å². The third-order valence-corrected chi connectivity index (χ3v) is 5.21. The van der Waals surface area contributed by atoms with Crippen molar-refractivity contribution in [2.24, 2.45) is 0 Å². The van der Waals surface area contributed by atoms with E-state index in [2.05, 4.69) is 0 Å². The summed E-state index contributed by atoms with van der Waals surface area (Å²) in [5, 5.41) is 16.2. The number of aromatic nitrogens is 2. The fourth-order valence-electron chi connectivity index (χ4n) is 3.68. The molecule has 1 amide bonds. The number of ketones is 1. The molecular formula is C25H20N4O4. The summed E-state index contributed by atoms with van der Waals surface area (Å²) in [5.41, 5.74) is 1.63. The van der Waals surface area contributed by atoms with Crippen LogP contribution in [-0.2, 0) is 0 Å². The van der Waals surface area contributed by atoms with Crippen LogP contribution in [0.15, 0.2) is 84.9 Å². The Morgan fingerprint density at radius 3 is 2.09 bits per heavy atom. The number of hydrogen-bond acceptors (Lipinski definition) is 5. The van der Waals surface area contributed by atoms with Gasteiger partial charge < -0.3 is 0 Å². The summed E-state index contributed by atoms with van der Waals surface area (Å²) in [6, 6.07) is 24.0. The van der Waals surface area contributed by atoms with Gasteiger partial charge in [0.05, 0.1) is 16.2 Å². The summed E-state index contributed by atoms with van der Waals surface area (Å²) in [5.74, 6) is -0.676. The summed E-state index contributed by atoms with van der Waals surface area (Å²) < 4.78 is 1.52. The molecule has 0 saturated heterocycles. The Labute approximate surface area is 189 Å². The SMILES string of the molecule is CC(=O)c1c(-c2ccccc2)nn(-c2ccccc2)c1N(C)C(=O)c1ccccc1[N+](=O)[O-]. The van der Waals surface area contributed by atoms with E-state index in [0.717, 1.165) is 0 Å². The molecule has 0 radical (unpaired) electrons. The number of nitrogens with zero attached hydrogens (tertiary/aromatic N) is 4. The first-order chi connectivity index (χ1) is 15.9. The molecule has 4 rings (SSSR count). The molecule has 0 bridgehead atoms. The van der Waals surface area contributed by atoms with Crippen molar-refractivity contribution in [1.29, 1.82) is 0 Å². The summed E-state index contributed by atoms with van der Waals surface area (Å²) in [7, 11) is 1.48. The second-order valence-corrected chi connectivity index (χ2v) is 7.36. The van der Waals surface area contributed by atoms with Gasteiger partial charge >= 0.3 is 0 Å². The highest BCUT2D eigenvalue weighted by Gasteiger charge is 2.31. The van der Waals surface area contributed by atoms with E-state index >= 15 is 0 Å². The summed E-state index contributed by atoms with van der Waals surface area (Å²) in [6.07, 6.45) is 0. The first kappa shape index (κ1) is 21.6. The Bertz CT molecular complexity index is 1350. The van der Waals surface area contributed by atoms with E-state index in [1.807, 2.05) is 48.5 Å². The van der Waals surface area contributed by atoms with Crippen LogP contribution in [0.2, 0.25) is 0 Å². The van der Waals surface area contributed by atoms with E-state index in [4.69, 9.17) is 5.10 Å². The van der Waals surface area contributed by atoms with Crippen LogP contribution in [-0.4, -0.2) is 33.4 Å².